The second-order valence-corrected chi connectivity index (χ2v) is 4.40. The standard InChI is InChI=1S/C9H4BrFO2S/c10-7-5(9(12)13)3-6(11)4-1-2-14-8(4)7/h1-3H,(H,12,13). The van der Waals surface area contributed by atoms with Crippen molar-refractivity contribution in [3.63, 3.8) is 0 Å². The molecule has 0 aliphatic heterocycles. The quantitative estimate of drug-likeness (QED) is 0.864. The molecule has 0 amide bonds. The molecule has 2 nitrogen and oxygen atoms in total. The highest BCUT2D eigenvalue weighted by Crippen LogP contribution is 2.33. The summed E-state index contributed by atoms with van der Waals surface area (Å²) in [6.07, 6.45) is 0. The van der Waals surface area contributed by atoms with Gasteiger partial charge in [-0.15, -0.1) is 11.3 Å². The Morgan fingerprint density at radius 1 is 1.57 bits per heavy atom. The van der Waals surface area contributed by atoms with Crippen LogP contribution in [0.5, 0.6) is 0 Å². The van der Waals surface area contributed by atoms with Crippen LogP contribution in [0.3, 0.4) is 0 Å². The first-order chi connectivity index (χ1) is 6.61. The highest BCUT2D eigenvalue weighted by Gasteiger charge is 2.15. The first-order valence-electron chi connectivity index (χ1n) is 3.69. The number of hydrogen-bond donors (Lipinski definition) is 1. The van der Waals surface area contributed by atoms with E-state index in [1.54, 1.807) is 11.4 Å². The predicted octanol–water partition coefficient (Wildman–Crippen LogP) is 3.50. The van der Waals surface area contributed by atoms with E-state index in [2.05, 4.69) is 15.9 Å². The van der Waals surface area contributed by atoms with Gasteiger partial charge in [0.05, 0.1) is 14.7 Å². The first kappa shape index (κ1) is 9.61. The van der Waals surface area contributed by atoms with Gasteiger partial charge in [0.15, 0.2) is 0 Å². The Balaban J connectivity index is 2.88. The summed E-state index contributed by atoms with van der Waals surface area (Å²) in [5, 5.41) is 11.0. The van der Waals surface area contributed by atoms with Crippen molar-refractivity contribution in [2.45, 2.75) is 0 Å². The fraction of sp³-hybridized carbons (Fsp3) is 0. The lowest BCUT2D eigenvalue weighted by molar-refractivity contribution is 0.0695. The summed E-state index contributed by atoms with van der Waals surface area (Å²) in [6.45, 7) is 0. The summed E-state index contributed by atoms with van der Waals surface area (Å²) in [5.41, 5.74) is -0.0440. The van der Waals surface area contributed by atoms with E-state index in [1.165, 1.54) is 11.3 Å². The van der Waals surface area contributed by atoms with Crippen LogP contribution in [-0.2, 0) is 0 Å². The van der Waals surface area contributed by atoms with E-state index in [0.717, 1.165) is 6.07 Å². The van der Waals surface area contributed by atoms with Crippen LogP contribution >= 0.6 is 27.3 Å². The van der Waals surface area contributed by atoms with Crippen LogP contribution in [0, 0.1) is 5.82 Å². The van der Waals surface area contributed by atoms with Crippen molar-refractivity contribution < 1.29 is 14.3 Å². The topological polar surface area (TPSA) is 37.3 Å². The summed E-state index contributed by atoms with van der Waals surface area (Å²) in [4.78, 5) is 10.7. The van der Waals surface area contributed by atoms with Gasteiger partial charge in [0.25, 0.3) is 0 Å². The van der Waals surface area contributed by atoms with Crippen molar-refractivity contribution >= 4 is 43.3 Å². The van der Waals surface area contributed by atoms with E-state index in [0.29, 0.717) is 14.6 Å². The molecule has 0 fully saturated rings. The summed E-state index contributed by atoms with van der Waals surface area (Å²) < 4.78 is 14.4. The van der Waals surface area contributed by atoms with E-state index >= 15 is 0 Å². The number of carboxylic acids is 1. The molecule has 0 unspecified atom stereocenters. The Labute approximate surface area is 91.1 Å². The maximum Gasteiger partial charge on any atom is 0.336 e. The zero-order valence-corrected chi connectivity index (χ0v) is 9.15. The minimum absolute atomic E-state index is 0.0440. The molecule has 0 aliphatic carbocycles. The zero-order chi connectivity index (χ0) is 10.3. The smallest absolute Gasteiger partial charge is 0.336 e. The normalized spacial score (nSPS) is 10.7. The number of halogens is 2. The molecule has 0 spiro atoms. The van der Waals surface area contributed by atoms with E-state index in [4.69, 9.17) is 5.11 Å². The maximum absolute atomic E-state index is 13.3. The van der Waals surface area contributed by atoms with Crippen molar-refractivity contribution in [3.8, 4) is 0 Å². The summed E-state index contributed by atoms with van der Waals surface area (Å²) >= 11 is 4.47. The molecule has 0 saturated carbocycles. The highest BCUT2D eigenvalue weighted by atomic mass is 79.9. The molecule has 1 aromatic carbocycles. The van der Waals surface area contributed by atoms with Gasteiger partial charge in [-0.3, -0.25) is 0 Å². The molecule has 14 heavy (non-hydrogen) atoms. The average Bonchev–Trinajstić information content (AvgIpc) is 2.59. The van der Waals surface area contributed by atoms with Gasteiger partial charge in [0.2, 0.25) is 0 Å². The largest absolute Gasteiger partial charge is 0.478 e. The molecule has 2 rings (SSSR count). The SMILES string of the molecule is O=C(O)c1cc(F)c2ccsc2c1Br. The second kappa shape index (κ2) is 3.33. The van der Waals surface area contributed by atoms with Crippen molar-refractivity contribution in [2.75, 3.05) is 0 Å². The van der Waals surface area contributed by atoms with Crippen LogP contribution in [0.1, 0.15) is 10.4 Å². The molecule has 0 aliphatic rings. The minimum atomic E-state index is -1.13. The molecule has 5 heteroatoms. The first-order valence-corrected chi connectivity index (χ1v) is 5.37. The van der Waals surface area contributed by atoms with Crippen LogP contribution < -0.4 is 0 Å². The molecule has 0 atom stereocenters. The number of thiophene rings is 1. The summed E-state index contributed by atoms with van der Waals surface area (Å²) in [6, 6.07) is 2.66. The van der Waals surface area contributed by atoms with Gasteiger partial charge in [-0.05, 0) is 33.4 Å². The minimum Gasteiger partial charge on any atom is -0.478 e. The van der Waals surface area contributed by atoms with Gasteiger partial charge in [-0.25, -0.2) is 9.18 Å². The number of carbonyl (C=O) groups is 1. The van der Waals surface area contributed by atoms with E-state index in [1.807, 2.05) is 0 Å². The molecule has 0 bridgehead atoms. The van der Waals surface area contributed by atoms with Crippen LogP contribution in [-0.4, -0.2) is 11.1 Å². The molecule has 72 valence electrons. The van der Waals surface area contributed by atoms with Gasteiger partial charge < -0.3 is 5.11 Å². The van der Waals surface area contributed by atoms with Crippen LogP contribution in [0.2, 0.25) is 0 Å². The third-order valence-electron chi connectivity index (χ3n) is 1.86. The molecule has 0 radical (unpaired) electrons. The van der Waals surface area contributed by atoms with Gasteiger partial charge in [0.1, 0.15) is 5.82 Å². The lowest BCUT2D eigenvalue weighted by atomic mass is 10.2. The molecular weight excluding hydrogens is 271 g/mol. The number of hydrogen-bond acceptors (Lipinski definition) is 2. The molecule has 1 aromatic heterocycles. The van der Waals surface area contributed by atoms with Gasteiger partial charge in [-0.1, -0.05) is 0 Å². The maximum atomic E-state index is 13.3. The monoisotopic (exact) mass is 274 g/mol. The number of benzene rings is 1. The fourth-order valence-corrected chi connectivity index (χ4v) is 2.84. The Bertz CT molecular complexity index is 521. The van der Waals surface area contributed by atoms with Gasteiger partial charge >= 0.3 is 5.97 Å². The molecule has 1 heterocycles. The third kappa shape index (κ3) is 1.33. The molecule has 1 N–H and O–H groups in total. The summed E-state index contributed by atoms with van der Waals surface area (Å²) in [7, 11) is 0. The Morgan fingerprint density at radius 3 is 2.93 bits per heavy atom. The van der Waals surface area contributed by atoms with Crippen molar-refractivity contribution in [2.24, 2.45) is 0 Å². The molecule has 0 saturated heterocycles. The van der Waals surface area contributed by atoms with Crippen LogP contribution in [0.25, 0.3) is 10.1 Å². The lowest BCUT2D eigenvalue weighted by Crippen LogP contribution is -1.98. The van der Waals surface area contributed by atoms with Crippen molar-refractivity contribution in [3.05, 3.63) is 33.4 Å². The van der Waals surface area contributed by atoms with Crippen LogP contribution in [0.15, 0.2) is 22.0 Å². The van der Waals surface area contributed by atoms with Gasteiger partial charge in [-0.2, -0.15) is 0 Å². The van der Waals surface area contributed by atoms with E-state index < -0.39 is 11.8 Å². The number of aromatic carboxylic acids is 1. The second-order valence-electron chi connectivity index (χ2n) is 2.69. The summed E-state index contributed by atoms with van der Waals surface area (Å²) in [5.74, 6) is -1.63. The van der Waals surface area contributed by atoms with Crippen LogP contribution in [0.4, 0.5) is 4.39 Å². The highest BCUT2D eigenvalue weighted by molar-refractivity contribution is 9.10. The van der Waals surface area contributed by atoms with Crippen molar-refractivity contribution in [1.82, 2.24) is 0 Å². The fourth-order valence-electron chi connectivity index (χ4n) is 1.21. The molecular formula is C9H4BrFO2S. The van der Waals surface area contributed by atoms with Gasteiger partial charge in [0, 0.05) is 5.39 Å². The molecule has 2 aromatic rings. The number of rotatable bonds is 1. The Morgan fingerprint density at radius 2 is 2.29 bits per heavy atom. The number of fused-ring (bicyclic) bond motifs is 1. The zero-order valence-electron chi connectivity index (χ0n) is 6.75. The number of carboxylic acid groups (broad SMARTS) is 1. The van der Waals surface area contributed by atoms with E-state index in [9.17, 15) is 9.18 Å². The van der Waals surface area contributed by atoms with E-state index in [-0.39, 0.29) is 5.56 Å². The Kier molecular flexibility index (Phi) is 2.28. The predicted molar refractivity (Wildman–Crippen MR) is 56.4 cm³/mol. The lowest BCUT2D eigenvalue weighted by Gasteiger charge is -2.01. The Hall–Kier alpha value is -0.940. The average molecular weight is 275 g/mol. The van der Waals surface area contributed by atoms with Crippen molar-refractivity contribution in [1.29, 1.82) is 0 Å². The third-order valence-corrected chi connectivity index (χ3v) is 3.88.